The molecule has 1 aliphatic rings. The van der Waals surface area contributed by atoms with Crippen LogP contribution in [-0.2, 0) is 26.3 Å². The van der Waals surface area contributed by atoms with Gasteiger partial charge in [0.2, 0.25) is 0 Å². The number of likely N-dealkylation sites (tertiary alicyclic amines) is 1. The van der Waals surface area contributed by atoms with Gasteiger partial charge in [-0.05, 0) is 31.0 Å². The first-order valence-corrected chi connectivity index (χ1v) is 9.74. The van der Waals surface area contributed by atoms with Gasteiger partial charge in [-0.15, -0.1) is 24.0 Å². The number of nitrogens with zero attached hydrogens (tertiary/aromatic N) is 4. The number of hydrogen-bond donors (Lipinski definition) is 2. The number of aliphatic imine (C=N–C) groups is 1. The summed E-state index contributed by atoms with van der Waals surface area (Å²) in [6, 6.07) is 5.66. The van der Waals surface area contributed by atoms with Crippen LogP contribution < -0.4 is 10.6 Å². The molecule has 30 heavy (non-hydrogen) atoms. The maximum atomic E-state index is 12.7. The highest BCUT2D eigenvalue weighted by Gasteiger charge is 2.30. The van der Waals surface area contributed by atoms with E-state index in [4.69, 9.17) is 0 Å². The van der Waals surface area contributed by atoms with Crippen molar-refractivity contribution in [3.63, 3.8) is 0 Å². The molecule has 10 heteroatoms. The molecule has 0 amide bonds. The number of aromatic nitrogens is 2. The van der Waals surface area contributed by atoms with Crippen LogP contribution in [0.2, 0.25) is 0 Å². The highest BCUT2D eigenvalue weighted by molar-refractivity contribution is 14.0. The smallest absolute Gasteiger partial charge is 0.357 e. The van der Waals surface area contributed by atoms with Crippen LogP contribution in [0.1, 0.15) is 30.0 Å². The molecule has 1 atom stereocenters. The Morgan fingerprint density at radius 1 is 1.23 bits per heavy atom. The second kappa shape index (κ2) is 11.0. The highest BCUT2D eigenvalue weighted by atomic mass is 127. The van der Waals surface area contributed by atoms with E-state index in [1.54, 1.807) is 23.0 Å². The Kier molecular flexibility index (Phi) is 8.95. The Hall–Kier alpha value is -1.82. The molecule has 6 nitrogen and oxygen atoms in total. The molecule has 0 radical (unpaired) electrons. The topological polar surface area (TPSA) is 57.5 Å². The fourth-order valence-electron chi connectivity index (χ4n) is 3.39. The molecule has 3 rings (SSSR count). The van der Waals surface area contributed by atoms with Crippen molar-refractivity contribution in [2.75, 3.05) is 19.6 Å². The Morgan fingerprint density at radius 3 is 2.57 bits per heavy atom. The van der Waals surface area contributed by atoms with E-state index in [2.05, 4.69) is 25.6 Å². The number of nitrogens with one attached hydrogen (secondary N) is 2. The first kappa shape index (κ1) is 24.4. The molecule has 0 aliphatic carbocycles. The van der Waals surface area contributed by atoms with E-state index in [-0.39, 0.29) is 30.0 Å². The van der Waals surface area contributed by atoms with E-state index in [1.807, 2.05) is 20.2 Å². The van der Waals surface area contributed by atoms with Gasteiger partial charge in [0.25, 0.3) is 0 Å². The van der Waals surface area contributed by atoms with Crippen molar-refractivity contribution in [1.82, 2.24) is 25.3 Å². The van der Waals surface area contributed by atoms with Gasteiger partial charge >= 0.3 is 6.18 Å². The maximum absolute atomic E-state index is 12.7. The van der Waals surface area contributed by atoms with Gasteiger partial charge in [-0.25, -0.2) is 4.99 Å². The first-order valence-electron chi connectivity index (χ1n) is 9.74. The summed E-state index contributed by atoms with van der Waals surface area (Å²) in [5.74, 6) is 0.762. The number of alkyl halides is 3. The second-order valence-corrected chi connectivity index (χ2v) is 7.28. The number of halogens is 4. The van der Waals surface area contributed by atoms with Crippen molar-refractivity contribution >= 4 is 29.9 Å². The number of hydrogen-bond acceptors (Lipinski definition) is 3. The third-order valence-electron chi connectivity index (χ3n) is 4.82. The predicted octanol–water partition coefficient (Wildman–Crippen LogP) is 3.39. The minimum absolute atomic E-state index is 0. The zero-order chi connectivity index (χ0) is 20.9. The quantitative estimate of drug-likeness (QED) is 0.338. The van der Waals surface area contributed by atoms with Gasteiger partial charge in [0.1, 0.15) is 0 Å². The van der Waals surface area contributed by atoms with Gasteiger partial charge in [0.15, 0.2) is 5.96 Å². The molecule has 1 aromatic heterocycles. The molecule has 1 aliphatic heterocycles. The zero-order valence-corrected chi connectivity index (χ0v) is 19.4. The molecular formula is C20H28F3IN6. The molecule has 166 valence electrons. The van der Waals surface area contributed by atoms with Crippen LogP contribution in [0.15, 0.2) is 41.7 Å². The Labute approximate surface area is 191 Å². The van der Waals surface area contributed by atoms with Crippen molar-refractivity contribution in [1.29, 1.82) is 0 Å². The summed E-state index contributed by atoms with van der Waals surface area (Å²) in [6.45, 7) is 5.68. The number of rotatable bonds is 6. The van der Waals surface area contributed by atoms with E-state index in [9.17, 15) is 13.2 Å². The number of aryl methyl sites for hydroxylation is 1. The number of guanidine groups is 1. The molecule has 0 saturated carbocycles. The van der Waals surface area contributed by atoms with Crippen LogP contribution in [-0.4, -0.2) is 46.3 Å². The lowest BCUT2D eigenvalue weighted by Gasteiger charge is -2.19. The van der Waals surface area contributed by atoms with Gasteiger partial charge < -0.3 is 10.6 Å². The third-order valence-corrected chi connectivity index (χ3v) is 4.82. The lowest BCUT2D eigenvalue weighted by Crippen LogP contribution is -2.44. The van der Waals surface area contributed by atoms with Crippen molar-refractivity contribution in [2.45, 2.75) is 38.7 Å². The van der Waals surface area contributed by atoms with Crippen molar-refractivity contribution < 1.29 is 13.2 Å². The summed E-state index contributed by atoms with van der Waals surface area (Å²) >= 11 is 0. The molecule has 1 fully saturated rings. The minimum atomic E-state index is -4.29. The van der Waals surface area contributed by atoms with Crippen LogP contribution in [0.5, 0.6) is 0 Å². The molecule has 0 spiro atoms. The standard InChI is InChI=1S/C20H27F3N6.HI/c1-3-24-19(25-10-16-11-26-28(2)12-16)27-18-8-9-29(14-18)13-15-4-6-17(7-5-15)20(21,22)23;/h4-7,11-12,18H,3,8-10,13-14H2,1-2H3,(H2,24,25,27);1H. The SMILES string of the molecule is CCNC(=NCc1cnn(C)c1)NC1CCN(Cc2ccc(C(F)(F)F)cc2)C1.I. The highest BCUT2D eigenvalue weighted by Crippen LogP contribution is 2.29. The van der Waals surface area contributed by atoms with E-state index in [1.165, 1.54) is 0 Å². The minimum Gasteiger partial charge on any atom is -0.357 e. The van der Waals surface area contributed by atoms with Crippen LogP contribution >= 0.6 is 24.0 Å². The summed E-state index contributed by atoms with van der Waals surface area (Å²) in [6.07, 6.45) is 0.403. The maximum Gasteiger partial charge on any atom is 0.416 e. The van der Waals surface area contributed by atoms with E-state index in [0.29, 0.717) is 13.1 Å². The predicted molar refractivity (Wildman–Crippen MR) is 122 cm³/mol. The van der Waals surface area contributed by atoms with E-state index in [0.717, 1.165) is 55.3 Å². The fraction of sp³-hybridized carbons (Fsp3) is 0.500. The summed E-state index contributed by atoms with van der Waals surface area (Å²) in [4.78, 5) is 6.86. The molecule has 2 heterocycles. The van der Waals surface area contributed by atoms with Gasteiger partial charge in [-0.2, -0.15) is 18.3 Å². The molecule has 2 aromatic rings. The van der Waals surface area contributed by atoms with Gasteiger partial charge in [0, 0.05) is 51.0 Å². The van der Waals surface area contributed by atoms with Gasteiger partial charge in [0.05, 0.1) is 18.3 Å². The molecule has 1 aromatic carbocycles. The molecule has 1 saturated heterocycles. The first-order chi connectivity index (χ1) is 13.8. The zero-order valence-electron chi connectivity index (χ0n) is 17.1. The van der Waals surface area contributed by atoms with Gasteiger partial charge in [-0.1, -0.05) is 12.1 Å². The summed E-state index contributed by atoms with van der Waals surface area (Å²) < 4.78 is 39.8. The average molecular weight is 536 g/mol. The Morgan fingerprint density at radius 2 is 1.97 bits per heavy atom. The number of benzene rings is 1. The van der Waals surface area contributed by atoms with Crippen molar-refractivity contribution in [2.24, 2.45) is 12.0 Å². The molecule has 1 unspecified atom stereocenters. The monoisotopic (exact) mass is 536 g/mol. The lowest BCUT2D eigenvalue weighted by molar-refractivity contribution is -0.137. The van der Waals surface area contributed by atoms with E-state index >= 15 is 0 Å². The summed E-state index contributed by atoms with van der Waals surface area (Å²) in [7, 11) is 1.88. The lowest BCUT2D eigenvalue weighted by atomic mass is 10.1. The van der Waals surface area contributed by atoms with Gasteiger partial charge in [-0.3, -0.25) is 9.58 Å². The van der Waals surface area contributed by atoms with Crippen LogP contribution in [0.4, 0.5) is 13.2 Å². The Bertz CT molecular complexity index is 819. The van der Waals surface area contributed by atoms with Crippen LogP contribution in [0, 0.1) is 0 Å². The summed E-state index contributed by atoms with van der Waals surface area (Å²) in [5.41, 5.74) is 1.32. The molecular weight excluding hydrogens is 508 g/mol. The van der Waals surface area contributed by atoms with E-state index < -0.39 is 11.7 Å². The third kappa shape index (κ3) is 7.15. The average Bonchev–Trinajstić information content (AvgIpc) is 3.28. The fourth-order valence-corrected chi connectivity index (χ4v) is 3.39. The van der Waals surface area contributed by atoms with Crippen molar-refractivity contribution in [3.8, 4) is 0 Å². The van der Waals surface area contributed by atoms with Crippen LogP contribution in [0.3, 0.4) is 0 Å². The Balaban J connectivity index is 0.00000320. The normalized spacial score (nSPS) is 17.6. The van der Waals surface area contributed by atoms with Crippen LogP contribution in [0.25, 0.3) is 0 Å². The largest absolute Gasteiger partial charge is 0.416 e. The molecule has 0 bridgehead atoms. The van der Waals surface area contributed by atoms with Crippen molar-refractivity contribution in [3.05, 3.63) is 53.3 Å². The molecule has 2 N–H and O–H groups in total. The second-order valence-electron chi connectivity index (χ2n) is 7.28. The summed E-state index contributed by atoms with van der Waals surface area (Å²) in [5, 5.41) is 10.9.